The van der Waals surface area contributed by atoms with Gasteiger partial charge in [-0.1, -0.05) is 26.7 Å². The number of nitrogens with two attached hydrogens (primary N) is 1. The van der Waals surface area contributed by atoms with E-state index in [1.165, 1.54) is 0 Å². The number of hydrogen-bond acceptors (Lipinski definition) is 1. The normalized spacial score (nSPS) is 16.0. The van der Waals surface area contributed by atoms with Gasteiger partial charge in [0, 0.05) is 0 Å². The van der Waals surface area contributed by atoms with Crippen LogP contribution in [0.3, 0.4) is 0 Å². The van der Waals surface area contributed by atoms with E-state index in [9.17, 15) is 0 Å². The Labute approximate surface area is 101 Å². The fourth-order valence-electron chi connectivity index (χ4n) is 0.525. The molecule has 0 bridgehead atoms. The van der Waals surface area contributed by atoms with Crippen molar-refractivity contribution in [1.29, 1.82) is 0 Å². The molecule has 0 aliphatic rings. The maximum Gasteiger partial charge on any atom is 1.00 e. The second-order valence-corrected chi connectivity index (χ2v) is 2.70. The van der Waals surface area contributed by atoms with Crippen LogP contribution < -0.4 is 57.1 Å². The fourth-order valence-corrected chi connectivity index (χ4v) is 0.525. The summed E-state index contributed by atoms with van der Waals surface area (Å²) in [5, 5.41) is 0. The van der Waals surface area contributed by atoms with Gasteiger partial charge in [0.1, 0.15) is 0 Å². The molecule has 0 spiro atoms. The van der Waals surface area contributed by atoms with Crippen molar-refractivity contribution < 1.29 is 51.4 Å². The molecule has 0 saturated carbocycles. The Kier molecular flexibility index (Phi) is 9.27. The molecule has 1 unspecified atom stereocenters. The van der Waals surface area contributed by atoms with Gasteiger partial charge in [0.2, 0.25) is 0 Å². The summed E-state index contributed by atoms with van der Waals surface area (Å²) in [6, 6.07) is 0. The molecular weight excluding hydrogens is 137 g/mol. The van der Waals surface area contributed by atoms with Crippen LogP contribution in [0.5, 0.6) is 0 Å². The van der Waals surface area contributed by atoms with Crippen LogP contribution in [0.2, 0.25) is 0 Å². The smallest absolute Gasteiger partial charge is 0.337 e. The Balaban J connectivity index is 0. The quantitative estimate of drug-likeness (QED) is 0.391. The average molecular weight is 153 g/mol. The third-order valence-electron chi connectivity index (χ3n) is 1.60. The van der Waals surface area contributed by atoms with Crippen LogP contribution in [0.4, 0.5) is 0 Å². The summed E-state index contributed by atoms with van der Waals surface area (Å²) in [7, 11) is 0. The Morgan fingerprint density at radius 3 is 2.11 bits per heavy atom. The van der Waals surface area contributed by atoms with Gasteiger partial charge >= 0.3 is 51.4 Å². The van der Waals surface area contributed by atoms with Crippen LogP contribution in [0, 0.1) is 12.3 Å². The third-order valence-corrected chi connectivity index (χ3v) is 1.60. The van der Waals surface area contributed by atoms with Gasteiger partial charge in [-0.2, -0.15) is 5.41 Å². The second-order valence-electron chi connectivity index (χ2n) is 2.70. The standard InChI is InChI=1S/C7H16N.K/c1-4-7(2,3)5-6-8;/h2,4-6,8H2,1,3H3;/q-1;+1. The number of hydrogen-bond donors (Lipinski definition) is 1. The average Bonchev–Trinajstić information content (AvgIpc) is 1.67. The fraction of sp³-hybridized carbons (Fsp3) is 0.857. The molecule has 0 amide bonds. The van der Waals surface area contributed by atoms with E-state index in [1.807, 2.05) is 0 Å². The van der Waals surface area contributed by atoms with E-state index in [2.05, 4.69) is 20.8 Å². The first kappa shape index (κ1) is 13.2. The van der Waals surface area contributed by atoms with Gasteiger partial charge < -0.3 is 12.7 Å². The van der Waals surface area contributed by atoms with Crippen molar-refractivity contribution in [2.45, 2.75) is 26.7 Å². The predicted molar refractivity (Wildman–Crippen MR) is 37.4 cm³/mol. The summed E-state index contributed by atoms with van der Waals surface area (Å²) < 4.78 is 0. The Hall–Kier alpha value is 1.60. The molecule has 1 atom stereocenters. The predicted octanol–water partition coefficient (Wildman–Crippen LogP) is -1.41. The summed E-state index contributed by atoms with van der Waals surface area (Å²) >= 11 is 0. The molecule has 0 saturated heterocycles. The van der Waals surface area contributed by atoms with E-state index in [-0.39, 0.29) is 56.8 Å². The van der Waals surface area contributed by atoms with Gasteiger partial charge in [0.15, 0.2) is 0 Å². The molecule has 0 radical (unpaired) electrons. The van der Waals surface area contributed by atoms with Crippen molar-refractivity contribution in [3.63, 3.8) is 0 Å². The van der Waals surface area contributed by atoms with Gasteiger partial charge in [-0.3, -0.25) is 0 Å². The molecule has 50 valence electrons. The minimum Gasteiger partial charge on any atom is -0.337 e. The molecule has 0 rings (SSSR count). The minimum atomic E-state index is 0. The molecule has 0 aromatic rings. The van der Waals surface area contributed by atoms with Gasteiger partial charge in [-0.05, 0) is 6.54 Å². The summed E-state index contributed by atoms with van der Waals surface area (Å²) in [5.41, 5.74) is 5.57. The van der Waals surface area contributed by atoms with Gasteiger partial charge in [-0.15, -0.1) is 0 Å². The first-order valence-corrected chi connectivity index (χ1v) is 3.18. The molecule has 0 aromatic carbocycles. The van der Waals surface area contributed by atoms with E-state index in [0.717, 1.165) is 19.4 Å². The van der Waals surface area contributed by atoms with Crippen molar-refractivity contribution in [2.75, 3.05) is 6.54 Å². The van der Waals surface area contributed by atoms with E-state index in [1.54, 1.807) is 0 Å². The van der Waals surface area contributed by atoms with Crippen molar-refractivity contribution in [2.24, 2.45) is 11.1 Å². The molecule has 0 aliphatic heterocycles. The van der Waals surface area contributed by atoms with Crippen LogP contribution in [-0.2, 0) is 0 Å². The molecule has 1 nitrogen and oxygen atoms in total. The maximum atomic E-state index is 5.35. The van der Waals surface area contributed by atoms with Crippen LogP contribution in [0.15, 0.2) is 0 Å². The molecule has 2 heteroatoms. The van der Waals surface area contributed by atoms with Crippen LogP contribution >= 0.6 is 0 Å². The molecule has 0 heterocycles. The van der Waals surface area contributed by atoms with Gasteiger partial charge in [0.25, 0.3) is 0 Å². The largest absolute Gasteiger partial charge is 1.00 e. The molecule has 0 aromatic heterocycles. The van der Waals surface area contributed by atoms with Crippen LogP contribution in [0.25, 0.3) is 0 Å². The van der Waals surface area contributed by atoms with Crippen molar-refractivity contribution in [3.8, 4) is 0 Å². The monoisotopic (exact) mass is 153 g/mol. The first-order chi connectivity index (χ1) is 3.62. The summed E-state index contributed by atoms with van der Waals surface area (Å²) in [5.74, 6) is 0. The SMILES string of the molecule is [CH2-]C(C)(CC)CCN.[K+]. The Bertz CT molecular complexity index is 61.9. The zero-order valence-corrected chi connectivity index (χ0v) is 10.0. The van der Waals surface area contributed by atoms with Gasteiger partial charge in [0.05, 0.1) is 0 Å². The Morgan fingerprint density at radius 1 is 1.56 bits per heavy atom. The van der Waals surface area contributed by atoms with Crippen LogP contribution in [-0.4, -0.2) is 6.54 Å². The molecule has 0 aliphatic carbocycles. The van der Waals surface area contributed by atoms with Crippen LogP contribution in [0.1, 0.15) is 26.7 Å². The van der Waals surface area contributed by atoms with Gasteiger partial charge in [-0.25, -0.2) is 0 Å². The van der Waals surface area contributed by atoms with Crippen molar-refractivity contribution >= 4 is 0 Å². The Morgan fingerprint density at radius 2 is 2.00 bits per heavy atom. The van der Waals surface area contributed by atoms with E-state index in [0.29, 0.717) is 0 Å². The zero-order valence-electron chi connectivity index (χ0n) is 6.91. The second kappa shape index (κ2) is 6.32. The summed E-state index contributed by atoms with van der Waals surface area (Å²) in [6.45, 7) is 9.04. The molecular formula is C7H16KN. The van der Waals surface area contributed by atoms with Crippen molar-refractivity contribution in [1.82, 2.24) is 0 Å². The van der Waals surface area contributed by atoms with Crippen molar-refractivity contribution in [3.05, 3.63) is 6.92 Å². The zero-order chi connectivity index (χ0) is 6.62. The first-order valence-electron chi connectivity index (χ1n) is 3.18. The van der Waals surface area contributed by atoms with E-state index in [4.69, 9.17) is 5.73 Å². The third kappa shape index (κ3) is 7.49. The van der Waals surface area contributed by atoms with E-state index < -0.39 is 0 Å². The molecule has 0 fully saturated rings. The summed E-state index contributed by atoms with van der Waals surface area (Å²) in [6.07, 6.45) is 2.15. The van der Waals surface area contributed by atoms with E-state index >= 15 is 0 Å². The number of rotatable bonds is 3. The maximum absolute atomic E-state index is 5.35. The topological polar surface area (TPSA) is 26.0 Å². The molecule has 2 N–H and O–H groups in total. The summed E-state index contributed by atoms with van der Waals surface area (Å²) in [4.78, 5) is 0. The molecule has 9 heavy (non-hydrogen) atoms. The minimum absolute atomic E-state index is 0.